The number of hydrogen-bond acceptors (Lipinski definition) is 5. The number of aromatic nitrogens is 5. The number of fused-ring (bicyclic) bond motifs is 2. The Hall–Kier alpha value is -3.47. The highest BCUT2D eigenvalue weighted by Crippen LogP contribution is 2.32. The van der Waals surface area contributed by atoms with Crippen molar-refractivity contribution in [1.29, 1.82) is 0 Å². The van der Waals surface area contributed by atoms with Crippen molar-refractivity contribution in [2.24, 2.45) is 0 Å². The first-order valence-electron chi connectivity index (χ1n) is 10.3. The van der Waals surface area contributed by atoms with E-state index in [2.05, 4.69) is 20.6 Å². The molecule has 4 aromatic heterocycles. The van der Waals surface area contributed by atoms with Gasteiger partial charge in [-0.15, -0.1) is 0 Å². The van der Waals surface area contributed by atoms with Gasteiger partial charge in [0.05, 0.1) is 17.2 Å². The number of nitrogens with one attached hydrogen (secondary N) is 1. The van der Waals surface area contributed by atoms with Crippen LogP contribution < -0.4 is 5.43 Å². The van der Waals surface area contributed by atoms with Crippen molar-refractivity contribution in [2.75, 3.05) is 13.1 Å². The van der Waals surface area contributed by atoms with Gasteiger partial charge < -0.3 is 0 Å². The molecule has 1 fully saturated rings. The maximum Gasteiger partial charge on any atom is 0.408 e. The molecule has 0 unspecified atom stereocenters. The largest absolute Gasteiger partial charge is 0.408 e. The minimum atomic E-state index is -4.48. The number of pyridine rings is 2. The van der Waals surface area contributed by atoms with Crippen LogP contribution in [0.3, 0.4) is 0 Å². The summed E-state index contributed by atoms with van der Waals surface area (Å²) in [4.78, 5) is 17.2. The number of amides is 1. The van der Waals surface area contributed by atoms with Gasteiger partial charge in [0.15, 0.2) is 0 Å². The maximum atomic E-state index is 13.3. The molecule has 0 aromatic carbocycles. The highest BCUT2D eigenvalue weighted by Gasteiger charge is 2.31. The number of nitrogens with zero attached hydrogens (tertiary/aromatic N) is 6. The average molecular weight is 443 g/mol. The minimum absolute atomic E-state index is 0.0710. The molecule has 11 heteroatoms. The van der Waals surface area contributed by atoms with E-state index in [1.807, 2.05) is 12.1 Å². The van der Waals surface area contributed by atoms with Crippen LogP contribution in [0.15, 0.2) is 42.9 Å². The van der Waals surface area contributed by atoms with Gasteiger partial charge in [-0.1, -0.05) is 12.5 Å². The van der Waals surface area contributed by atoms with E-state index in [4.69, 9.17) is 0 Å². The van der Waals surface area contributed by atoms with Crippen molar-refractivity contribution in [3.8, 4) is 11.3 Å². The topological polar surface area (TPSA) is 80.4 Å². The summed E-state index contributed by atoms with van der Waals surface area (Å²) in [5.41, 5.74) is 4.96. The predicted octanol–water partition coefficient (Wildman–Crippen LogP) is 3.44. The zero-order chi connectivity index (χ0) is 22.3. The average Bonchev–Trinajstić information content (AvgIpc) is 3.21. The lowest BCUT2D eigenvalue weighted by Crippen LogP contribution is -2.42. The molecule has 0 saturated carbocycles. The summed E-state index contributed by atoms with van der Waals surface area (Å²) in [6.45, 7) is -0.0881. The summed E-state index contributed by atoms with van der Waals surface area (Å²) < 4.78 is 42.4. The number of halogens is 3. The molecule has 0 radical (unpaired) electrons. The van der Waals surface area contributed by atoms with Crippen LogP contribution in [0.25, 0.3) is 27.7 Å². The molecule has 1 N–H and O–H groups in total. The second-order valence-electron chi connectivity index (χ2n) is 7.72. The number of rotatable bonds is 3. The number of hydrazine groups is 1. The van der Waals surface area contributed by atoms with Crippen LogP contribution in [0.1, 0.15) is 29.8 Å². The van der Waals surface area contributed by atoms with E-state index in [0.717, 1.165) is 23.9 Å². The number of alkyl halides is 3. The molecule has 8 nitrogen and oxygen atoms in total. The second kappa shape index (κ2) is 7.90. The smallest absolute Gasteiger partial charge is 0.273 e. The molecular weight excluding hydrogens is 423 g/mol. The third-order valence-corrected chi connectivity index (χ3v) is 5.47. The van der Waals surface area contributed by atoms with Gasteiger partial charge in [-0.25, -0.2) is 9.94 Å². The third-order valence-electron chi connectivity index (χ3n) is 5.47. The predicted molar refractivity (Wildman–Crippen MR) is 111 cm³/mol. The summed E-state index contributed by atoms with van der Waals surface area (Å²) >= 11 is 0. The lowest BCUT2D eigenvalue weighted by Gasteiger charge is -2.20. The Kier molecular flexibility index (Phi) is 5.04. The van der Waals surface area contributed by atoms with Gasteiger partial charge in [-0.3, -0.25) is 19.5 Å². The van der Waals surface area contributed by atoms with Crippen molar-refractivity contribution < 1.29 is 18.0 Å². The van der Waals surface area contributed by atoms with E-state index in [0.29, 0.717) is 35.2 Å². The summed E-state index contributed by atoms with van der Waals surface area (Å²) in [5, 5.41) is 10.4. The zero-order valence-electron chi connectivity index (χ0n) is 17.0. The first kappa shape index (κ1) is 20.4. The molecule has 1 aliphatic heterocycles. The normalized spacial score (nSPS) is 15.4. The van der Waals surface area contributed by atoms with Gasteiger partial charge in [0.2, 0.25) is 0 Å². The van der Waals surface area contributed by atoms with Gasteiger partial charge in [0.1, 0.15) is 17.9 Å². The Morgan fingerprint density at radius 3 is 2.84 bits per heavy atom. The lowest BCUT2D eigenvalue weighted by molar-refractivity contribution is -0.141. The van der Waals surface area contributed by atoms with E-state index < -0.39 is 12.7 Å². The standard InChI is InChI=1S/C21H20F3N7O/c22-21(23,24)13-31-18-10-16(20(32)30-9-4-1-3-7-26-30)25-11-14(18)19(28-31)15-12-27-29-8-5-2-6-17(15)29/h2,5-6,8,10-12,26H,1,3-4,7,9,13H2. The summed E-state index contributed by atoms with van der Waals surface area (Å²) in [5.74, 6) is -0.369. The van der Waals surface area contributed by atoms with Crippen LogP contribution in [0.5, 0.6) is 0 Å². The molecule has 5 rings (SSSR count). The van der Waals surface area contributed by atoms with Gasteiger partial charge in [-0.05, 0) is 31.0 Å². The fourth-order valence-electron chi connectivity index (χ4n) is 3.97. The first-order valence-corrected chi connectivity index (χ1v) is 10.3. The third kappa shape index (κ3) is 3.79. The minimum Gasteiger partial charge on any atom is -0.273 e. The maximum absolute atomic E-state index is 13.3. The first-order chi connectivity index (χ1) is 15.4. The summed E-state index contributed by atoms with van der Waals surface area (Å²) in [7, 11) is 0. The van der Waals surface area contributed by atoms with Crippen LogP contribution in [0.4, 0.5) is 13.2 Å². The van der Waals surface area contributed by atoms with Gasteiger partial charge in [-0.2, -0.15) is 23.4 Å². The molecule has 1 saturated heterocycles. The Morgan fingerprint density at radius 1 is 1.12 bits per heavy atom. The quantitative estimate of drug-likeness (QED) is 0.525. The fourth-order valence-corrected chi connectivity index (χ4v) is 3.97. The molecule has 0 spiro atoms. The van der Waals surface area contributed by atoms with E-state index in [1.54, 1.807) is 23.0 Å². The van der Waals surface area contributed by atoms with E-state index >= 15 is 0 Å². The van der Waals surface area contributed by atoms with E-state index in [1.165, 1.54) is 17.3 Å². The molecular formula is C21H20F3N7O. The van der Waals surface area contributed by atoms with Gasteiger partial charge in [0.25, 0.3) is 5.91 Å². The van der Waals surface area contributed by atoms with Crippen LogP contribution >= 0.6 is 0 Å². The van der Waals surface area contributed by atoms with Gasteiger partial charge >= 0.3 is 6.18 Å². The van der Waals surface area contributed by atoms with Crippen molar-refractivity contribution in [3.05, 3.63) is 48.5 Å². The Bertz CT molecular complexity index is 1290. The second-order valence-corrected chi connectivity index (χ2v) is 7.72. The number of hydrogen-bond donors (Lipinski definition) is 1. The molecule has 32 heavy (non-hydrogen) atoms. The van der Waals surface area contributed by atoms with Gasteiger partial charge in [0, 0.05) is 36.4 Å². The van der Waals surface area contributed by atoms with Crippen LogP contribution in [-0.4, -0.2) is 54.6 Å². The molecule has 4 aromatic rings. The molecule has 0 atom stereocenters. The van der Waals surface area contributed by atoms with Crippen molar-refractivity contribution in [2.45, 2.75) is 32.0 Å². The Morgan fingerprint density at radius 2 is 2.00 bits per heavy atom. The number of carbonyl (C=O) groups is 1. The van der Waals surface area contributed by atoms with Crippen LogP contribution in [0.2, 0.25) is 0 Å². The van der Waals surface area contributed by atoms with Crippen LogP contribution in [-0.2, 0) is 6.54 Å². The van der Waals surface area contributed by atoms with Crippen molar-refractivity contribution >= 4 is 22.3 Å². The number of carbonyl (C=O) groups excluding carboxylic acids is 1. The molecule has 0 aliphatic carbocycles. The monoisotopic (exact) mass is 443 g/mol. The molecule has 166 valence electrons. The molecule has 1 aliphatic rings. The lowest BCUT2D eigenvalue weighted by atomic mass is 10.1. The highest BCUT2D eigenvalue weighted by atomic mass is 19.4. The molecule has 1 amide bonds. The van der Waals surface area contributed by atoms with E-state index in [-0.39, 0.29) is 17.1 Å². The molecule has 5 heterocycles. The zero-order valence-corrected chi connectivity index (χ0v) is 17.0. The summed E-state index contributed by atoms with van der Waals surface area (Å²) in [6.07, 6.45) is 3.07. The highest BCUT2D eigenvalue weighted by molar-refractivity contribution is 6.00. The fraction of sp³-hybridized carbons (Fsp3) is 0.333. The SMILES string of the molecule is O=C(c1cc2c(cn1)c(-c1cnn3ccccc13)nn2CC(F)(F)F)N1CCCCCN1. The Labute approximate surface area is 180 Å². The molecule has 0 bridgehead atoms. The van der Waals surface area contributed by atoms with E-state index in [9.17, 15) is 18.0 Å². The summed E-state index contributed by atoms with van der Waals surface area (Å²) in [6, 6.07) is 6.82. The Balaban J connectivity index is 1.62. The van der Waals surface area contributed by atoms with Crippen molar-refractivity contribution in [3.63, 3.8) is 0 Å². The van der Waals surface area contributed by atoms with Crippen LogP contribution in [0, 0.1) is 0 Å². The van der Waals surface area contributed by atoms with Crippen molar-refractivity contribution in [1.82, 2.24) is 34.8 Å².